The molecule has 0 saturated carbocycles. The van der Waals surface area contributed by atoms with E-state index < -0.39 is 0 Å². The summed E-state index contributed by atoms with van der Waals surface area (Å²) in [5, 5.41) is 17.8. The summed E-state index contributed by atoms with van der Waals surface area (Å²) in [6, 6.07) is 4.78. The van der Waals surface area contributed by atoms with Gasteiger partial charge in [-0.1, -0.05) is 17.6 Å². The van der Waals surface area contributed by atoms with Gasteiger partial charge in [0.15, 0.2) is 0 Å². The molecule has 1 aromatic rings. The largest absolute Gasteiger partial charge is 0.508 e. The van der Waals surface area contributed by atoms with E-state index >= 15 is 0 Å². The van der Waals surface area contributed by atoms with Gasteiger partial charge in [-0.15, -0.1) is 0 Å². The van der Waals surface area contributed by atoms with Gasteiger partial charge < -0.3 is 14.9 Å². The first-order valence-corrected chi connectivity index (χ1v) is 4.00. The van der Waals surface area contributed by atoms with Crippen LogP contribution in [0.4, 0.5) is 0 Å². The fourth-order valence-electron chi connectivity index (χ4n) is 0.968. The van der Waals surface area contributed by atoms with Crippen LogP contribution in [0.15, 0.2) is 18.2 Å². The van der Waals surface area contributed by atoms with Crippen LogP contribution in [-0.4, -0.2) is 31.3 Å². The summed E-state index contributed by atoms with van der Waals surface area (Å²) in [5.41, 5.74) is 1.22. The molecule has 4 heteroatoms. The normalized spacial score (nSPS) is 10.2. The van der Waals surface area contributed by atoms with Crippen molar-refractivity contribution in [2.75, 3.05) is 13.2 Å². The molecular weight excluding hydrogens is 167 g/mol. The first kappa shape index (κ1) is 10.1. The molecule has 0 fully saturated rings. The molecule has 1 rings (SSSR count). The van der Waals surface area contributed by atoms with Gasteiger partial charge in [0, 0.05) is 5.56 Å². The van der Waals surface area contributed by atoms with E-state index in [1.165, 1.54) is 6.07 Å². The first-order chi connectivity index (χ1) is 6.24. The Balaban J connectivity index is 2.59. The van der Waals surface area contributed by atoms with Crippen molar-refractivity contribution in [3.63, 3.8) is 0 Å². The van der Waals surface area contributed by atoms with E-state index in [4.69, 9.17) is 17.7 Å². The maximum Gasteiger partial charge on any atom is 0.121 e. The van der Waals surface area contributed by atoms with Crippen LogP contribution in [-0.2, 0) is 11.3 Å². The Bertz CT molecular complexity index is 276. The number of phenols is 1. The van der Waals surface area contributed by atoms with Crippen molar-refractivity contribution in [1.82, 2.24) is 0 Å². The third-order valence-electron chi connectivity index (χ3n) is 1.60. The van der Waals surface area contributed by atoms with E-state index in [2.05, 4.69) is 0 Å². The SMILES string of the molecule is [B]c1ccc(O)c(COCCO)c1. The molecule has 2 radical (unpaired) electrons. The van der Waals surface area contributed by atoms with Crippen LogP contribution in [0.1, 0.15) is 5.56 Å². The van der Waals surface area contributed by atoms with Gasteiger partial charge in [0.25, 0.3) is 0 Å². The van der Waals surface area contributed by atoms with Gasteiger partial charge in [0.1, 0.15) is 13.6 Å². The fourth-order valence-corrected chi connectivity index (χ4v) is 0.968. The predicted molar refractivity (Wildman–Crippen MR) is 50.2 cm³/mol. The topological polar surface area (TPSA) is 49.7 Å². The molecule has 13 heavy (non-hydrogen) atoms. The summed E-state index contributed by atoms with van der Waals surface area (Å²) in [4.78, 5) is 0. The Morgan fingerprint density at radius 2 is 2.15 bits per heavy atom. The van der Waals surface area contributed by atoms with Crippen LogP contribution in [0.25, 0.3) is 0 Å². The highest BCUT2D eigenvalue weighted by molar-refractivity contribution is 6.32. The molecule has 0 spiro atoms. The number of aromatic hydroxyl groups is 1. The zero-order valence-electron chi connectivity index (χ0n) is 7.23. The molecule has 2 N–H and O–H groups in total. The van der Waals surface area contributed by atoms with Gasteiger partial charge in [-0.05, 0) is 6.07 Å². The van der Waals surface area contributed by atoms with E-state index in [9.17, 15) is 5.11 Å². The number of aliphatic hydroxyl groups is 1. The minimum Gasteiger partial charge on any atom is -0.508 e. The number of hydrogen-bond acceptors (Lipinski definition) is 3. The lowest BCUT2D eigenvalue weighted by molar-refractivity contribution is 0.0804. The third-order valence-corrected chi connectivity index (χ3v) is 1.60. The molecule has 0 atom stereocenters. The quantitative estimate of drug-likeness (QED) is 0.491. The molecule has 0 heterocycles. The molecule has 0 amide bonds. The Labute approximate surface area is 78.4 Å². The lowest BCUT2D eigenvalue weighted by Gasteiger charge is -2.05. The zero-order chi connectivity index (χ0) is 9.68. The minimum atomic E-state index is -0.0247. The van der Waals surface area contributed by atoms with E-state index in [0.29, 0.717) is 11.0 Å². The van der Waals surface area contributed by atoms with Gasteiger partial charge >= 0.3 is 0 Å². The van der Waals surface area contributed by atoms with Gasteiger partial charge in [0.05, 0.1) is 19.8 Å². The Morgan fingerprint density at radius 3 is 2.85 bits per heavy atom. The van der Waals surface area contributed by atoms with Crippen molar-refractivity contribution in [2.24, 2.45) is 0 Å². The molecule has 1 aromatic carbocycles. The van der Waals surface area contributed by atoms with Gasteiger partial charge in [-0.3, -0.25) is 0 Å². The predicted octanol–water partition coefficient (Wildman–Crippen LogP) is -0.305. The highest BCUT2D eigenvalue weighted by Crippen LogP contribution is 2.14. The fraction of sp³-hybridized carbons (Fsp3) is 0.333. The standard InChI is InChI=1S/C9H11BO3/c10-8-1-2-9(12)7(5-8)6-13-4-3-11/h1-2,5,11-12H,3-4,6H2. The van der Waals surface area contributed by atoms with Crippen LogP contribution in [0.2, 0.25) is 0 Å². The molecule has 0 saturated heterocycles. The first-order valence-electron chi connectivity index (χ1n) is 4.00. The Hall–Kier alpha value is -0.995. The molecule has 0 aliphatic rings. The number of benzene rings is 1. The summed E-state index contributed by atoms with van der Waals surface area (Å²) >= 11 is 0. The molecule has 0 aliphatic heterocycles. The second kappa shape index (κ2) is 4.89. The van der Waals surface area contributed by atoms with Crippen LogP contribution in [0, 0.1) is 0 Å². The zero-order valence-corrected chi connectivity index (χ0v) is 7.23. The lowest BCUT2D eigenvalue weighted by atomic mass is 9.94. The number of aliphatic hydroxyl groups excluding tert-OH is 1. The van der Waals surface area contributed by atoms with Crippen molar-refractivity contribution in [1.29, 1.82) is 0 Å². The summed E-state index contributed by atoms with van der Waals surface area (Å²) in [5.74, 6) is 0.159. The molecule has 3 nitrogen and oxygen atoms in total. The van der Waals surface area contributed by atoms with Crippen LogP contribution in [0.5, 0.6) is 5.75 Å². The van der Waals surface area contributed by atoms with E-state index in [0.717, 1.165) is 0 Å². The highest BCUT2D eigenvalue weighted by atomic mass is 16.5. The summed E-state index contributed by atoms with van der Waals surface area (Å²) < 4.78 is 5.04. The van der Waals surface area contributed by atoms with E-state index in [1.54, 1.807) is 12.1 Å². The minimum absolute atomic E-state index is 0.0247. The number of ether oxygens (including phenoxy) is 1. The summed E-state index contributed by atoms with van der Waals surface area (Å²) in [6.45, 7) is 0.495. The smallest absolute Gasteiger partial charge is 0.121 e. The van der Waals surface area contributed by atoms with Crippen molar-refractivity contribution >= 4 is 13.3 Å². The average Bonchev–Trinajstić information content (AvgIpc) is 2.11. The maximum absolute atomic E-state index is 9.34. The van der Waals surface area contributed by atoms with Gasteiger partial charge in [0.2, 0.25) is 0 Å². The third kappa shape index (κ3) is 3.09. The van der Waals surface area contributed by atoms with E-state index in [1.807, 2.05) is 0 Å². The van der Waals surface area contributed by atoms with Gasteiger partial charge in [-0.2, -0.15) is 0 Å². The van der Waals surface area contributed by atoms with Crippen LogP contribution < -0.4 is 5.46 Å². The second-order valence-electron chi connectivity index (χ2n) is 2.66. The lowest BCUT2D eigenvalue weighted by Crippen LogP contribution is -2.05. The van der Waals surface area contributed by atoms with Crippen molar-refractivity contribution in [3.8, 4) is 5.75 Å². The van der Waals surface area contributed by atoms with Crippen LogP contribution in [0.3, 0.4) is 0 Å². The highest BCUT2D eigenvalue weighted by Gasteiger charge is 2.00. The summed E-state index contributed by atoms with van der Waals surface area (Å²) in [6.07, 6.45) is 0. The molecule has 0 aromatic heterocycles. The molecule has 68 valence electrons. The maximum atomic E-state index is 9.34. The van der Waals surface area contributed by atoms with Crippen molar-refractivity contribution in [2.45, 2.75) is 6.61 Å². The van der Waals surface area contributed by atoms with Crippen molar-refractivity contribution in [3.05, 3.63) is 23.8 Å². The molecular formula is C9H11BO3. The average molecular weight is 178 g/mol. The monoisotopic (exact) mass is 178 g/mol. The number of phenolic OH excluding ortho intramolecular Hbond substituents is 1. The molecule has 0 unspecified atom stereocenters. The Morgan fingerprint density at radius 1 is 1.38 bits per heavy atom. The molecule has 0 bridgehead atoms. The van der Waals surface area contributed by atoms with Crippen LogP contribution >= 0.6 is 0 Å². The summed E-state index contributed by atoms with van der Waals surface area (Å²) in [7, 11) is 5.52. The second-order valence-corrected chi connectivity index (χ2v) is 2.66. The molecule has 0 aliphatic carbocycles. The van der Waals surface area contributed by atoms with Crippen molar-refractivity contribution < 1.29 is 14.9 Å². The number of rotatable bonds is 4. The number of hydrogen-bond donors (Lipinski definition) is 2. The Kier molecular flexibility index (Phi) is 3.80. The van der Waals surface area contributed by atoms with Gasteiger partial charge in [-0.25, -0.2) is 0 Å². The van der Waals surface area contributed by atoms with E-state index in [-0.39, 0.29) is 25.6 Å².